The van der Waals surface area contributed by atoms with Gasteiger partial charge in [-0.1, -0.05) is 58.6 Å². The van der Waals surface area contributed by atoms with Gasteiger partial charge in [0.15, 0.2) is 0 Å². The smallest absolute Gasteiger partial charge is 0.0430 e. The van der Waals surface area contributed by atoms with Crippen molar-refractivity contribution in [2.75, 3.05) is 19.8 Å². The van der Waals surface area contributed by atoms with Crippen molar-refractivity contribution in [1.82, 2.24) is 0 Å². The van der Waals surface area contributed by atoms with E-state index in [2.05, 4.69) is 64.1 Å². The van der Waals surface area contributed by atoms with Crippen molar-refractivity contribution < 1.29 is 37.0 Å². The fraction of sp³-hybridized carbons (Fsp3) is 0.609. The van der Waals surface area contributed by atoms with Crippen LogP contribution in [0.4, 0.5) is 0 Å². The van der Waals surface area contributed by atoms with E-state index >= 15 is 0 Å². The van der Waals surface area contributed by atoms with Crippen LogP contribution in [-0.2, 0) is 28.1 Å². The van der Waals surface area contributed by atoms with Crippen LogP contribution in [0.3, 0.4) is 0 Å². The molecular formula is C23H41O3Ti-. The zero-order valence-corrected chi connectivity index (χ0v) is 19.4. The molecule has 0 aromatic heterocycles. The van der Waals surface area contributed by atoms with Gasteiger partial charge in [-0.15, -0.1) is 29.0 Å². The van der Waals surface area contributed by atoms with Crippen molar-refractivity contribution in [3.8, 4) is 0 Å². The fourth-order valence-corrected chi connectivity index (χ4v) is 2.01. The molecule has 0 heterocycles. The van der Waals surface area contributed by atoms with Gasteiger partial charge >= 0.3 is 0 Å². The second kappa shape index (κ2) is 25.4. The summed E-state index contributed by atoms with van der Waals surface area (Å²) >= 11 is 0. The number of benzene rings is 1. The van der Waals surface area contributed by atoms with E-state index in [1.54, 1.807) is 0 Å². The van der Waals surface area contributed by atoms with Crippen LogP contribution in [0.1, 0.15) is 71.8 Å². The molecule has 0 saturated heterocycles. The summed E-state index contributed by atoms with van der Waals surface area (Å²) in [6.45, 7) is 9.38. The number of aliphatic hydroxyl groups excluding tert-OH is 3. The van der Waals surface area contributed by atoms with Gasteiger partial charge in [-0.05, 0) is 25.7 Å². The van der Waals surface area contributed by atoms with Gasteiger partial charge in [0.05, 0.1) is 0 Å². The Hall–Kier alpha value is -0.576. The Morgan fingerprint density at radius 3 is 1.56 bits per heavy atom. The van der Waals surface area contributed by atoms with E-state index in [0.717, 1.165) is 44.9 Å². The molecule has 0 radical (unpaired) electrons. The molecule has 2 aromatic rings. The van der Waals surface area contributed by atoms with Gasteiger partial charge in [-0.25, -0.2) is 0 Å². The fourth-order valence-electron chi connectivity index (χ4n) is 2.01. The van der Waals surface area contributed by atoms with Gasteiger partial charge in [0.2, 0.25) is 0 Å². The Morgan fingerprint density at radius 2 is 1.22 bits per heavy atom. The maximum atomic E-state index is 8.07. The van der Waals surface area contributed by atoms with Crippen LogP contribution in [0, 0.1) is 0 Å². The Morgan fingerprint density at radius 1 is 0.741 bits per heavy atom. The molecule has 0 amide bonds. The van der Waals surface area contributed by atoms with E-state index in [-0.39, 0.29) is 21.7 Å². The van der Waals surface area contributed by atoms with Crippen LogP contribution in [0.2, 0.25) is 0 Å². The molecule has 0 fully saturated rings. The SMILES string of the molecule is CCCCO.CCCCO.CCCCO.CCc1cccc2[cH-]ccc12.[Ti]. The summed E-state index contributed by atoms with van der Waals surface area (Å²) in [6, 6.07) is 12.9. The van der Waals surface area contributed by atoms with Crippen molar-refractivity contribution in [1.29, 1.82) is 0 Å². The number of unbranched alkanes of at least 4 members (excludes halogenated alkanes) is 3. The summed E-state index contributed by atoms with van der Waals surface area (Å²) in [5.41, 5.74) is 1.45. The quantitative estimate of drug-likeness (QED) is 0.418. The molecule has 3 nitrogen and oxygen atoms in total. The van der Waals surface area contributed by atoms with Crippen LogP contribution in [0.5, 0.6) is 0 Å². The Kier molecular flexibility index (Phi) is 29.3. The minimum absolute atomic E-state index is 0. The molecule has 3 N–H and O–H groups in total. The molecule has 27 heavy (non-hydrogen) atoms. The average molecular weight is 413 g/mol. The zero-order chi connectivity index (χ0) is 20.0. The number of rotatable bonds is 7. The second-order valence-corrected chi connectivity index (χ2v) is 6.03. The Labute approximate surface area is 182 Å². The maximum absolute atomic E-state index is 8.07. The van der Waals surface area contributed by atoms with Crippen LogP contribution in [0.25, 0.3) is 10.8 Å². The topological polar surface area (TPSA) is 60.7 Å². The average Bonchev–Trinajstić information content (AvgIpc) is 3.14. The molecule has 156 valence electrons. The second-order valence-electron chi connectivity index (χ2n) is 6.03. The zero-order valence-electron chi connectivity index (χ0n) is 17.9. The first-order valence-corrected chi connectivity index (χ1v) is 10.1. The third kappa shape index (κ3) is 18.5. The van der Waals surface area contributed by atoms with E-state index in [4.69, 9.17) is 15.3 Å². The van der Waals surface area contributed by atoms with Gasteiger partial charge in [0.25, 0.3) is 0 Å². The molecule has 0 aliphatic rings. The number of fused-ring (bicyclic) bond motifs is 1. The van der Waals surface area contributed by atoms with Gasteiger partial charge in [-0.2, -0.15) is 12.1 Å². The summed E-state index contributed by atoms with van der Waals surface area (Å²) in [4.78, 5) is 0. The molecule has 0 bridgehead atoms. The van der Waals surface area contributed by atoms with Gasteiger partial charge in [0.1, 0.15) is 0 Å². The van der Waals surface area contributed by atoms with Gasteiger partial charge in [0, 0.05) is 41.5 Å². The third-order valence-electron chi connectivity index (χ3n) is 3.68. The maximum Gasteiger partial charge on any atom is 0.0430 e. The minimum Gasteiger partial charge on any atom is -0.396 e. The molecule has 0 saturated carbocycles. The van der Waals surface area contributed by atoms with Crippen LogP contribution >= 0.6 is 0 Å². The van der Waals surface area contributed by atoms with Crippen molar-refractivity contribution >= 4 is 10.8 Å². The normalized spacial score (nSPS) is 9.00. The standard InChI is InChI=1S/C11H11.3C4H10O.Ti/c1-2-9-5-3-6-10-7-4-8-11(9)10;3*1-2-3-4-5;/h3-8H,2H2,1H3;3*5H,2-4H2,1H3;/q-1;;;;. The first-order valence-electron chi connectivity index (χ1n) is 10.1. The summed E-state index contributed by atoms with van der Waals surface area (Å²) in [5, 5.41) is 27.0. The Balaban J connectivity index is -0.000000311. The van der Waals surface area contributed by atoms with E-state index in [1.807, 2.05) is 0 Å². The van der Waals surface area contributed by atoms with E-state index in [0.29, 0.717) is 19.8 Å². The number of hydrogen-bond acceptors (Lipinski definition) is 3. The summed E-state index contributed by atoms with van der Waals surface area (Å²) in [7, 11) is 0. The number of aryl methyl sites for hydroxylation is 1. The van der Waals surface area contributed by atoms with Crippen molar-refractivity contribution in [3.05, 3.63) is 42.0 Å². The van der Waals surface area contributed by atoms with Gasteiger partial charge < -0.3 is 15.3 Å². The third-order valence-corrected chi connectivity index (χ3v) is 3.68. The van der Waals surface area contributed by atoms with E-state index < -0.39 is 0 Å². The summed E-state index contributed by atoms with van der Waals surface area (Å²) in [5.74, 6) is 0. The molecule has 0 atom stereocenters. The monoisotopic (exact) mass is 413 g/mol. The van der Waals surface area contributed by atoms with E-state index in [1.165, 1.54) is 16.3 Å². The first-order chi connectivity index (χ1) is 12.7. The molecule has 0 unspecified atom stereocenters. The predicted octanol–water partition coefficient (Wildman–Crippen LogP) is 5.46. The summed E-state index contributed by atoms with van der Waals surface area (Å²) in [6.07, 6.45) is 7.24. The molecule has 0 aliphatic carbocycles. The minimum atomic E-state index is 0. The number of hydrogen-bond donors (Lipinski definition) is 3. The largest absolute Gasteiger partial charge is 0.396 e. The molecule has 4 heteroatoms. The van der Waals surface area contributed by atoms with Crippen molar-refractivity contribution in [3.63, 3.8) is 0 Å². The number of aliphatic hydroxyl groups is 3. The first kappa shape index (κ1) is 31.1. The molecule has 2 aromatic carbocycles. The van der Waals surface area contributed by atoms with E-state index in [9.17, 15) is 0 Å². The predicted molar refractivity (Wildman–Crippen MR) is 115 cm³/mol. The van der Waals surface area contributed by atoms with Crippen LogP contribution in [-0.4, -0.2) is 35.1 Å². The van der Waals surface area contributed by atoms with Crippen LogP contribution in [0.15, 0.2) is 36.4 Å². The molecule has 2 rings (SSSR count). The molecule has 0 spiro atoms. The van der Waals surface area contributed by atoms with Crippen molar-refractivity contribution in [2.45, 2.75) is 72.6 Å². The molecule has 0 aliphatic heterocycles. The van der Waals surface area contributed by atoms with Crippen LogP contribution < -0.4 is 0 Å². The summed E-state index contributed by atoms with van der Waals surface area (Å²) < 4.78 is 0. The Bertz CT molecular complexity index is 477. The molecular weight excluding hydrogens is 372 g/mol. The van der Waals surface area contributed by atoms with Gasteiger partial charge in [-0.3, -0.25) is 0 Å². The van der Waals surface area contributed by atoms with Crippen molar-refractivity contribution in [2.24, 2.45) is 0 Å².